The van der Waals surface area contributed by atoms with E-state index in [1.54, 1.807) is 6.07 Å². The molecule has 2 aromatic heterocycles. The zero-order valence-corrected chi connectivity index (χ0v) is 12.2. The number of nitrogens with one attached hydrogen (secondary N) is 2. The van der Waals surface area contributed by atoms with Crippen molar-refractivity contribution in [1.29, 1.82) is 0 Å². The Morgan fingerprint density at radius 2 is 2.19 bits per heavy atom. The molecule has 0 bridgehead atoms. The first-order chi connectivity index (χ1) is 10.2. The summed E-state index contributed by atoms with van der Waals surface area (Å²) in [5.41, 5.74) is 2.08. The fourth-order valence-electron chi connectivity index (χ4n) is 2.61. The van der Waals surface area contributed by atoms with E-state index >= 15 is 0 Å². The summed E-state index contributed by atoms with van der Waals surface area (Å²) in [5.74, 6) is 0.766. The number of amides is 1. The number of aromatic nitrogens is 2. The maximum absolute atomic E-state index is 12.2. The van der Waals surface area contributed by atoms with Crippen LogP contribution in [0, 0.1) is 6.92 Å². The predicted octanol–water partition coefficient (Wildman–Crippen LogP) is 0.983. The van der Waals surface area contributed by atoms with Gasteiger partial charge in [-0.1, -0.05) is 0 Å². The van der Waals surface area contributed by atoms with Gasteiger partial charge in [0.15, 0.2) is 5.82 Å². The molecule has 2 N–H and O–H groups in total. The van der Waals surface area contributed by atoms with Crippen molar-refractivity contribution >= 4 is 17.4 Å². The van der Waals surface area contributed by atoms with Crippen LogP contribution in [0.2, 0.25) is 0 Å². The van der Waals surface area contributed by atoms with E-state index in [1.165, 1.54) is 12.5 Å². The summed E-state index contributed by atoms with van der Waals surface area (Å²) in [6, 6.07) is 1.64. The lowest BCUT2D eigenvalue weighted by atomic mass is 10.2. The first kappa shape index (κ1) is 13.7. The molecule has 0 radical (unpaired) electrons. The molecule has 1 aliphatic rings. The summed E-state index contributed by atoms with van der Waals surface area (Å²) < 4.78 is 6.78. The molecule has 112 valence electrons. The average Bonchev–Trinajstić information content (AvgIpc) is 3.09. The van der Waals surface area contributed by atoms with Crippen molar-refractivity contribution in [3.05, 3.63) is 29.9 Å². The van der Waals surface area contributed by atoms with E-state index in [-0.39, 0.29) is 5.91 Å². The maximum Gasteiger partial charge on any atom is 0.259 e. The first-order valence-corrected chi connectivity index (χ1v) is 6.99. The standard InChI is InChI=1S/C14H19N5O2/c1-10-12(16-13(20)11-3-8-21-9-11)14(18(2)17-10)19-6-4-15-5-7-19/h3,8-9,15H,4-7H2,1-2H3,(H,16,20). The van der Waals surface area contributed by atoms with Gasteiger partial charge in [-0.25, -0.2) is 0 Å². The Hall–Kier alpha value is -2.28. The fraction of sp³-hybridized carbons (Fsp3) is 0.429. The number of carbonyl (C=O) groups excluding carboxylic acids is 1. The quantitative estimate of drug-likeness (QED) is 0.881. The topological polar surface area (TPSA) is 75.3 Å². The van der Waals surface area contributed by atoms with Gasteiger partial charge in [0.1, 0.15) is 12.0 Å². The average molecular weight is 289 g/mol. The Kier molecular flexibility index (Phi) is 3.66. The molecule has 0 saturated carbocycles. The predicted molar refractivity (Wildman–Crippen MR) is 79.7 cm³/mol. The summed E-state index contributed by atoms with van der Waals surface area (Å²) >= 11 is 0. The molecule has 3 rings (SSSR count). The smallest absolute Gasteiger partial charge is 0.259 e. The second-order valence-corrected chi connectivity index (χ2v) is 5.11. The molecular weight excluding hydrogens is 270 g/mol. The SMILES string of the molecule is Cc1nn(C)c(N2CCNCC2)c1NC(=O)c1ccoc1. The molecule has 0 atom stereocenters. The third-order valence-electron chi connectivity index (χ3n) is 3.63. The molecule has 2 aromatic rings. The summed E-state index contributed by atoms with van der Waals surface area (Å²) in [7, 11) is 1.90. The second kappa shape index (κ2) is 5.61. The molecule has 1 fully saturated rings. The highest BCUT2D eigenvalue weighted by Gasteiger charge is 2.22. The van der Waals surface area contributed by atoms with E-state index in [0.717, 1.165) is 43.4 Å². The van der Waals surface area contributed by atoms with Crippen LogP contribution in [-0.2, 0) is 7.05 Å². The van der Waals surface area contributed by atoms with Crippen LogP contribution in [0.3, 0.4) is 0 Å². The van der Waals surface area contributed by atoms with E-state index in [9.17, 15) is 4.79 Å². The lowest BCUT2D eigenvalue weighted by molar-refractivity contribution is 0.102. The molecule has 21 heavy (non-hydrogen) atoms. The Balaban J connectivity index is 1.88. The lowest BCUT2D eigenvalue weighted by Crippen LogP contribution is -2.44. The summed E-state index contributed by atoms with van der Waals surface area (Å²) in [6.45, 7) is 5.55. The Bertz CT molecular complexity index is 626. The van der Waals surface area contributed by atoms with Crippen molar-refractivity contribution in [1.82, 2.24) is 15.1 Å². The number of piperazine rings is 1. The van der Waals surface area contributed by atoms with Crippen LogP contribution in [0.5, 0.6) is 0 Å². The summed E-state index contributed by atoms with van der Waals surface area (Å²) in [4.78, 5) is 14.5. The van der Waals surface area contributed by atoms with Gasteiger partial charge in [0.25, 0.3) is 5.91 Å². The van der Waals surface area contributed by atoms with Crippen LogP contribution in [-0.4, -0.2) is 41.9 Å². The number of hydrogen-bond acceptors (Lipinski definition) is 5. The number of rotatable bonds is 3. The van der Waals surface area contributed by atoms with Crippen LogP contribution in [0.25, 0.3) is 0 Å². The summed E-state index contributed by atoms with van der Waals surface area (Å²) in [5, 5.41) is 10.7. The van der Waals surface area contributed by atoms with Crippen molar-refractivity contribution in [3.8, 4) is 0 Å². The van der Waals surface area contributed by atoms with E-state index in [2.05, 4.69) is 20.6 Å². The van der Waals surface area contributed by atoms with Crippen molar-refractivity contribution in [3.63, 3.8) is 0 Å². The number of aryl methyl sites for hydroxylation is 2. The maximum atomic E-state index is 12.2. The van der Waals surface area contributed by atoms with Gasteiger partial charge in [-0.05, 0) is 13.0 Å². The lowest BCUT2D eigenvalue weighted by Gasteiger charge is -2.30. The van der Waals surface area contributed by atoms with Gasteiger partial charge in [0.2, 0.25) is 0 Å². The molecule has 1 aliphatic heterocycles. The molecule has 0 spiro atoms. The normalized spacial score (nSPS) is 15.2. The zero-order chi connectivity index (χ0) is 14.8. The van der Waals surface area contributed by atoms with E-state index in [0.29, 0.717) is 5.56 Å². The van der Waals surface area contributed by atoms with Gasteiger partial charge in [-0.2, -0.15) is 5.10 Å². The van der Waals surface area contributed by atoms with Crippen molar-refractivity contribution in [2.45, 2.75) is 6.92 Å². The molecule has 0 aromatic carbocycles. The largest absolute Gasteiger partial charge is 0.472 e. The number of carbonyl (C=O) groups is 1. The highest BCUT2D eigenvalue weighted by molar-refractivity contribution is 6.05. The van der Waals surface area contributed by atoms with Gasteiger partial charge in [-0.15, -0.1) is 0 Å². The highest BCUT2D eigenvalue weighted by atomic mass is 16.3. The van der Waals surface area contributed by atoms with E-state index in [4.69, 9.17) is 4.42 Å². The molecule has 7 heteroatoms. The third kappa shape index (κ3) is 2.64. The molecule has 0 unspecified atom stereocenters. The van der Waals surface area contributed by atoms with Gasteiger partial charge in [0, 0.05) is 33.2 Å². The summed E-state index contributed by atoms with van der Waals surface area (Å²) in [6.07, 6.45) is 2.92. The van der Waals surface area contributed by atoms with Gasteiger partial charge >= 0.3 is 0 Å². The van der Waals surface area contributed by atoms with Crippen LogP contribution in [0.1, 0.15) is 16.1 Å². The minimum absolute atomic E-state index is 0.184. The van der Waals surface area contributed by atoms with Crippen LogP contribution in [0.4, 0.5) is 11.5 Å². The Labute approximate surface area is 122 Å². The molecule has 7 nitrogen and oxygen atoms in total. The molecular formula is C14H19N5O2. The Morgan fingerprint density at radius 3 is 2.86 bits per heavy atom. The number of anilines is 2. The third-order valence-corrected chi connectivity index (χ3v) is 3.63. The minimum Gasteiger partial charge on any atom is -0.472 e. The number of furan rings is 1. The number of nitrogens with zero attached hydrogens (tertiary/aromatic N) is 3. The minimum atomic E-state index is -0.184. The fourth-order valence-corrected chi connectivity index (χ4v) is 2.61. The number of hydrogen-bond donors (Lipinski definition) is 2. The Morgan fingerprint density at radius 1 is 1.43 bits per heavy atom. The molecule has 0 aliphatic carbocycles. The van der Waals surface area contributed by atoms with Crippen LogP contribution >= 0.6 is 0 Å². The molecule has 1 amide bonds. The zero-order valence-electron chi connectivity index (χ0n) is 12.2. The monoisotopic (exact) mass is 289 g/mol. The highest BCUT2D eigenvalue weighted by Crippen LogP contribution is 2.29. The van der Waals surface area contributed by atoms with Crippen LogP contribution in [0.15, 0.2) is 23.0 Å². The second-order valence-electron chi connectivity index (χ2n) is 5.11. The first-order valence-electron chi connectivity index (χ1n) is 6.99. The van der Waals surface area contributed by atoms with Crippen molar-refractivity contribution in [2.75, 3.05) is 36.4 Å². The molecule has 1 saturated heterocycles. The molecule has 3 heterocycles. The van der Waals surface area contributed by atoms with Gasteiger partial charge in [-0.3, -0.25) is 9.48 Å². The van der Waals surface area contributed by atoms with Crippen LogP contribution < -0.4 is 15.5 Å². The van der Waals surface area contributed by atoms with E-state index in [1.807, 2.05) is 18.7 Å². The van der Waals surface area contributed by atoms with Gasteiger partial charge in [0.05, 0.1) is 17.5 Å². The van der Waals surface area contributed by atoms with E-state index < -0.39 is 0 Å². The van der Waals surface area contributed by atoms with Crippen molar-refractivity contribution in [2.24, 2.45) is 7.05 Å². The van der Waals surface area contributed by atoms with Gasteiger partial charge < -0.3 is 20.0 Å². The van der Waals surface area contributed by atoms with Crippen molar-refractivity contribution < 1.29 is 9.21 Å².